The van der Waals surface area contributed by atoms with E-state index in [9.17, 15) is 9.18 Å². The molecule has 0 spiro atoms. The molecule has 130 valence electrons. The Hall–Kier alpha value is -2.25. The minimum Gasteiger partial charge on any atom is -0.366 e. The van der Waals surface area contributed by atoms with Crippen molar-refractivity contribution in [2.45, 2.75) is 25.9 Å². The molecular weight excluding hydrogens is 339 g/mol. The molecule has 1 N–H and O–H groups in total. The molecule has 0 radical (unpaired) electrons. The monoisotopic (exact) mass is 358 g/mol. The topological polar surface area (TPSA) is 50.2 Å². The highest BCUT2D eigenvalue weighted by Crippen LogP contribution is 2.28. The number of anilines is 1. The fraction of sp³-hybridized carbons (Fsp3) is 0.333. The normalized spacial score (nSPS) is 21.0. The average molecular weight is 358 g/mol. The standard InChI is InChI=1S/C18H19FN4OS/c1-11-9-22(10-12(2)21-11)16-8-15-13(7-14(16)19)17(24)3-5-23(15)18-20-4-6-25-18/h3-8,11-12,21H,9-10H2,1-2H3. The molecule has 0 amide bonds. The van der Waals surface area contributed by atoms with Crippen molar-refractivity contribution in [2.75, 3.05) is 18.0 Å². The van der Waals surface area contributed by atoms with Gasteiger partial charge in [-0.3, -0.25) is 9.36 Å². The van der Waals surface area contributed by atoms with Gasteiger partial charge in [-0.05, 0) is 26.0 Å². The number of nitrogens with one attached hydrogen (secondary N) is 1. The van der Waals surface area contributed by atoms with Crippen molar-refractivity contribution in [2.24, 2.45) is 0 Å². The first-order valence-electron chi connectivity index (χ1n) is 8.28. The highest BCUT2D eigenvalue weighted by Gasteiger charge is 2.24. The smallest absolute Gasteiger partial charge is 0.193 e. The molecule has 1 aromatic carbocycles. The number of rotatable bonds is 2. The van der Waals surface area contributed by atoms with Crippen LogP contribution in [0.15, 0.2) is 40.8 Å². The van der Waals surface area contributed by atoms with E-state index in [0.717, 1.165) is 18.2 Å². The van der Waals surface area contributed by atoms with Gasteiger partial charge in [0, 0.05) is 54.4 Å². The van der Waals surface area contributed by atoms with Crippen LogP contribution >= 0.6 is 11.3 Å². The lowest BCUT2D eigenvalue weighted by Crippen LogP contribution is -2.54. The zero-order chi connectivity index (χ0) is 17.6. The molecule has 7 heteroatoms. The van der Waals surface area contributed by atoms with Gasteiger partial charge in [-0.1, -0.05) is 0 Å². The van der Waals surface area contributed by atoms with Crippen LogP contribution < -0.4 is 15.6 Å². The van der Waals surface area contributed by atoms with E-state index in [-0.39, 0.29) is 23.3 Å². The lowest BCUT2D eigenvalue weighted by atomic mass is 10.1. The van der Waals surface area contributed by atoms with E-state index >= 15 is 0 Å². The van der Waals surface area contributed by atoms with Crippen LogP contribution in [-0.2, 0) is 0 Å². The Balaban J connectivity index is 1.90. The van der Waals surface area contributed by atoms with E-state index in [1.807, 2.05) is 14.8 Å². The summed E-state index contributed by atoms with van der Waals surface area (Å²) in [5.74, 6) is -0.359. The number of thiazole rings is 1. The lowest BCUT2D eigenvalue weighted by molar-refractivity contribution is 0.404. The molecule has 25 heavy (non-hydrogen) atoms. The maximum absolute atomic E-state index is 14.8. The Labute approximate surface area is 148 Å². The summed E-state index contributed by atoms with van der Waals surface area (Å²) in [6.45, 7) is 5.63. The predicted molar refractivity (Wildman–Crippen MR) is 99.4 cm³/mol. The third-order valence-electron chi connectivity index (χ3n) is 4.49. The number of pyridine rings is 1. The van der Waals surface area contributed by atoms with Gasteiger partial charge in [0.25, 0.3) is 0 Å². The fourth-order valence-electron chi connectivity index (χ4n) is 3.53. The second-order valence-electron chi connectivity index (χ2n) is 6.56. The van der Waals surface area contributed by atoms with Crippen LogP contribution in [0, 0.1) is 5.82 Å². The highest BCUT2D eigenvalue weighted by molar-refractivity contribution is 7.12. The number of aromatic nitrogens is 2. The molecule has 4 rings (SSSR count). The van der Waals surface area contributed by atoms with Crippen molar-refractivity contribution in [3.8, 4) is 5.13 Å². The summed E-state index contributed by atoms with van der Waals surface area (Å²) >= 11 is 1.48. The number of fused-ring (bicyclic) bond motifs is 1. The molecule has 2 atom stereocenters. The van der Waals surface area contributed by atoms with Crippen molar-refractivity contribution in [3.63, 3.8) is 0 Å². The Morgan fingerprint density at radius 2 is 2.04 bits per heavy atom. The molecule has 2 aromatic heterocycles. The zero-order valence-corrected chi connectivity index (χ0v) is 14.9. The molecule has 1 aliphatic rings. The second kappa shape index (κ2) is 6.24. The number of benzene rings is 1. The van der Waals surface area contributed by atoms with E-state index in [2.05, 4.69) is 24.1 Å². The quantitative estimate of drug-likeness (QED) is 0.765. The molecule has 3 heterocycles. The van der Waals surface area contributed by atoms with E-state index in [1.54, 1.807) is 18.5 Å². The highest BCUT2D eigenvalue weighted by atomic mass is 32.1. The summed E-state index contributed by atoms with van der Waals surface area (Å²) in [5, 5.41) is 6.45. The van der Waals surface area contributed by atoms with Crippen molar-refractivity contribution in [1.82, 2.24) is 14.9 Å². The van der Waals surface area contributed by atoms with Crippen molar-refractivity contribution >= 4 is 27.9 Å². The van der Waals surface area contributed by atoms with Crippen LogP contribution in [0.2, 0.25) is 0 Å². The van der Waals surface area contributed by atoms with Crippen LogP contribution in [0.5, 0.6) is 0 Å². The SMILES string of the molecule is CC1CN(c2cc3c(cc2F)c(=O)ccn3-c2nccs2)CC(C)N1. The molecule has 0 saturated carbocycles. The summed E-state index contributed by atoms with van der Waals surface area (Å²) in [5.41, 5.74) is 1.02. The number of hydrogen-bond acceptors (Lipinski definition) is 5. The Morgan fingerprint density at radius 1 is 1.28 bits per heavy atom. The van der Waals surface area contributed by atoms with Crippen LogP contribution in [0.4, 0.5) is 10.1 Å². The third-order valence-corrected chi connectivity index (χ3v) is 5.26. The van der Waals surface area contributed by atoms with Crippen LogP contribution in [-0.4, -0.2) is 34.7 Å². The molecule has 5 nitrogen and oxygen atoms in total. The van der Waals surface area contributed by atoms with E-state index in [1.165, 1.54) is 23.5 Å². The first-order chi connectivity index (χ1) is 12.0. The fourth-order valence-corrected chi connectivity index (χ4v) is 4.17. The van der Waals surface area contributed by atoms with E-state index in [4.69, 9.17) is 0 Å². The first-order valence-corrected chi connectivity index (χ1v) is 9.16. The van der Waals surface area contributed by atoms with Gasteiger partial charge >= 0.3 is 0 Å². The van der Waals surface area contributed by atoms with Crippen LogP contribution in [0.25, 0.3) is 16.0 Å². The van der Waals surface area contributed by atoms with Gasteiger partial charge in [-0.25, -0.2) is 9.37 Å². The van der Waals surface area contributed by atoms with Crippen molar-refractivity contribution < 1.29 is 4.39 Å². The molecule has 2 unspecified atom stereocenters. The molecule has 0 bridgehead atoms. The number of nitrogens with zero attached hydrogens (tertiary/aromatic N) is 3. The summed E-state index contributed by atoms with van der Waals surface area (Å²) in [4.78, 5) is 18.6. The maximum Gasteiger partial charge on any atom is 0.193 e. The van der Waals surface area contributed by atoms with Gasteiger partial charge in [-0.15, -0.1) is 11.3 Å². The number of piperazine rings is 1. The first kappa shape index (κ1) is 16.2. The van der Waals surface area contributed by atoms with Gasteiger partial charge in [0.2, 0.25) is 0 Å². The van der Waals surface area contributed by atoms with Gasteiger partial charge < -0.3 is 10.2 Å². The molecule has 3 aromatic rings. The molecule has 1 fully saturated rings. The maximum atomic E-state index is 14.8. The summed E-state index contributed by atoms with van der Waals surface area (Å²) in [7, 11) is 0. The third kappa shape index (κ3) is 2.94. The lowest BCUT2D eigenvalue weighted by Gasteiger charge is -2.37. The summed E-state index contributed by atoms with van der Waals surface area (Å²) < 4.78 is 16.6. The number of halogens is 1. The Bertz CT molecular complexity index is 959. The van der Waals surface area contributed by atoms with Gasteiger partial charge in [0.15, 0.2) is 10.6 Å². The second-order valence-corrected chi connectivity index (χ2v) is 7.43. The van der Waals surface area contributed by atoms with E-state index in [0.29, 0.717) is 16.6 Å². The largest absolute Gasteiger partial charge is 0.366 e. The van der Waals surface area contributed by atoms with Crippen molar-refractivity contribution in [1.29, 1.82) is 0 Å². The number of hydrogen-bond donors (Lipinski definition) is 1. The minimum atomic E-state index is -0.359. The van der Waals surface area contributed by atoms with Crippen molar-refractivity contribution in [3.05, 3.63) is 52.0 Å². The predicted octanol–water partition coefficient (Wildman–Crippen LogP) is 2.77. The average Bonchev–Trinajstić information content (AvgIpc) is 3.08. The molecule has 1 saturated heterocycles. The van der Waals surface area contributed by atoms with Crippen LogP contribution in [0.1, 0.15) is 13.8 Å². The zero-order valence-electron chi connectivity index (χ0n) is 14.1. The van der Waals surface area contributed by atoms with Crippen LogP contribution in [0.3, 0.4) is 0 Å². The Kier molecular flexibility index (Phi) is 4.05. The molecule has 0 aliphatic carbocycles. The Morgan fingerprint density at radius 3 is 2.72 bits per heavy atom. The van der Waals surface area contributed by atoms with Gasteiger partial charge in [0.05, 0.1) is 11.2 Å². The minimum absolute atomic E-state index is 0.185. The van der Waals surface area contributed by atoms with Gasteiger partial charge in [0.1, 0.15) is 5.82 Å². The molecular formula is C18H19FN4OS. The summed E-state index contributed by atoms with van der Waals surface area (Å²) in [6, 6.07) is 5.14. The van der Waals surface area contributed by atoms with Gasteiger partial charge in [-0.2, -0.15) is 0 Å². The molecule has 1 aliphatic heterocycles. The summed E-state index contributed by atoms with van der Waals surface area (Å²) in [6.07, 6.45) is 3.42. The van der Waals surface area contributed by atoms with E-state index < -0.39 is 0 Å².